The molecule has 0 aliphatic heterocycles. The van der Waals surface area contributed by atoms with Crippen LogP contribution >= 0.6 is 0 Å². The summed E-state index contributed by atoms with van der Waals surface area (Å²) < 4.78 is 5.51. The lowest BCUT2D eigenvalue weighted by atomic mass is 9.88. The second kappa shape index (κ2) is 5.35. The molecule has 1 fully saturated rings. The molecule has 0 unspecified atom stereocenters. The molecule has 5 nitrogen and oxygen atoms in total. The highest BCUT2D eigenvalue weighted by atomic mass is 16.5. The molecule has 0 spiro atoms. The Morgan fingerprint density at radius 2 is 2.28 bits per heavy atom. The molecule has 0 radical (unpaired) electrons. The van der Waals surface area contributed by atoms with Gasteiger partial charge in [-0.05, 0) is 31.9 Å². The Bertz CT molecular complexity index is 430. The number of aromatic nitrogens is 1. The number of hydrogen-bond donors (Lipinski definition) is 1. The number of hydrogen-bond acceptors (Lipinski definition) is 4. The standard InChI is InChI=1S/C13H18N2O3/c1-3-18-10-7-9(8-10)15(2)12-6-4-5-11(14-12)13(16)17/h4-6,9-10H,3,7-8H2,1-2H3,(H,16,17). The highest BCUT2D eigenvalue weighted by Gasteiger charge is 2.33. The average molecular weight is 250 g/mol. The van der Waals surface area contributed by atoms with Crippen LogP contribution in [0.15, 0.2) is 18.2 Å². The van der Waals surface area contributed by atoms with Crippen molar-refractivity contribution in [1.82, 2.24) is 4.98 Å². The smallest absolute Gasteiger partial charge is 0.354 e. The molecule has 1 N–H and O–H groups in total. The predicted octanol–water partition coefficient (Wildman–Crippen LogP) is 1.78. The zero-order valence-corrected chi connectivity index (χ0v) is 10.7. The molecular weight excluding hydrogens is 232 g/mol. The number of nitrogens with zero attached hydrogens (tertiary/aromatic N) is 2. The Hall–Kier alpha value is -1.62. The van der Waals surface area contributed by atoms with Crippen LogP contribution in [0.5, 0.6) is 0 Å². The lowest BCUT2D eigenvalue weighted by molar-refractivity contribution is -0.00236. The zero-order valence-electron chi connectivity index (χ0n) is 10.7. The monoisotopic (exact) mass is 250 g/mol. The first-order valence-corrected chi connectivity index (χ1v) is 6.16. The van der Waals surface area contributed by atoms with Gasteiger partial charge in [-0.15, -0.1) is 0 Å². The lowest BCUT2D eigenvalue weighted by Gasteiger charge is -2.41. The summed E-state index contributed by atoms with van der Waals surface area (Å²) >= 11 is 0. The quantitative estimate of drug-likeness (QED) is 0.863. The summed E-state index contributed by atoms with van der Waals surface area (Å²) in [5.74, 6) is -0.291. The number of pyridine rings is 1. The molecule has 0 amide bonds. The molecular formula is C13H18N2O3. The Morgan fingerprint density at radius 1 is 1.56 bits per heavy atom. The maximum absolute atomic E-state index is 10.9. The molecule has 1 saturated carbocycles. The Morgan fingerprint density at radius 3 is 2.89 bits per heavy atom. The molecule has 18 heavy (non-hydrogen) atoms. The summed E-state index contributed by atoms with van der Waals surface area (Å²) in [6, 6.07) is 5.45. The van der Waals surface area contributed by atoms with E-state index in [4.69, 9.17) is 9.84 Å². The third-order valence-corrected chi connectivity index (χ3v) is 3.33. The van der Waals surface area contributed by atoms with E-state index in [2.05, 4.69) is 4.98 Å². The first kappa shape index (κ1) is 12.8. The van der Waals surface area contributed by atoms with Gasteiger partial charge in [0.1, 0.15) is 5.82 Å². The van der Waals surface area contributed by atoms with Crippen LogP contribution in [0, 0.1) is 0 Å². The second-order valence-corrected chi connectivity index (χ2v) is 4.50. The third-order valence-electron chi connectivity index (χ3n) is 3.33. The van der Waals surface area contributed by atoms with Crippen LogP contribution < -0.4 is 4.90 Å². The summed E-state index contributed by atoms with van der Waals surface area (Å²) in [5, 5.41) is 8.91. The van der Waals surface area contributed by atoms with Gasteiger partial charge in [0, 0.05) is 19.7 Å². The summed E-state index contributed by atoms with van der Waals surface area (Å²) in [6.07, 6.45) is 2.29. The van der Waals surface area contributed by atoms with Crippen molar-refractivity contribution in [2.75, 3.05) is 18.6 Å². The van der Waals surface area contributed by atoms with Gasteiger partial charge in [0.05, 0.1) is 6.10 Å². The van der Waals surface area contributed by atoms with Crippen molar-refractivity contribution in [1.29, 1.82) is 0 Å². The molecule has 1 aromatic heterocycles. The number of rotatable bonds is 5. The van der Waals surface area contributed by atoms with Crippen molar-refractivity contribution in [2.45, 2.75) is 31.9 Å². The highest BCUT2D eigenvalue weighted by molar-refractivity contribution is 5.85. The molecule has 1 aromatic rings. The van der Waals surface area contributed by atoms with E-state index in [1.54, 1.807) is 6.07 Å². The van der Waals surface area contributed by atoms with Gasteiger partial charge in [0.15, 0.2) is 5.69 Å². The Kier molecular flexibility index (Phi) is 3.81. The van der Waals surface area contributed by atoms with Crippen LogP contribution in [0.25, 0.3) is 0 Å². The van der Waals surface area contributed by atoms with Crippen molar-refractivity contribution in [3.05, 3.63) is 23.9 Å². The molecule has 1 aliphatic carbocycles. The SMILES string of the molecule is CCOC1CC(N(C)c2cccc(C(=O)O)n2)C1. The number of carbonyl (C=O) groups is 1. The maximum atomic E-state index is 10.9. The Labute approximate surface area is 106 Å². The molecule has 0 atom stereocenters. The van der Waals surface area contributed by atoms with Crippen molar-refractivity contribution in [3.8, 4) is 0 Å². The van der Waals surface area contributed by atoms with Gasteiger partial charge >= 0.3 is 5.97 Å². The summed E-state index contributed by atoms with van der Waals surface area (Å²) in [5.41, 5.74) is 0.0834. The summed E-state index contributed by atoms with van der Waals surface area (Å²) in [7, 11) is 1.95. The predicted molar refractivity (Wildman–Crippen MR) is 68.0 cm³/mol. The second-order valence-electron chi connectivity index (χ2n) is 4.50. The van der Waals surface area contributed by atoms with Gasteiger partial charge in [-0.25, -0.2) is 9.78 Å². The van der Waals surface area contributed by atoms with Gasteiger partial charge < -0.3 is 14.7 Å². The first-order valence-electron chi connectivity index (χ1n) is 6.16. The molecule has 0 aromatic carbocycles. The van der Waals surface area contributed by atoms with E-state index in [1.807, 2.05) is 24.9 Å². The molecule has 0 saturated heterocycles. The summed E-state index contributed by atoms with van der Waals surface area (Å²) in [4.78, 5) is 17.0. The fraction of sp³-hybridized carbons (Fsp3) is 0.538. The van der Waals surface area contributed by atoms with Gasteiger partial charge in [0.2, 0.25) is 0 Å². The van der Waals surface area contributed by atoms with Gasteiger partial charge in [-0.1, -0.05) is 6.07 Å². The fourth-order valence-corrected chi connectivity index (χ4v) is 2.15. The van der Waals surface area contributed by atoms with Crippen molar-refractivity contribution < 1.29 is 14.6 Å². The highest BCUT2D eigenvalue weighted by Crippen LogP contribution is 2.30. The van der Waals surface area contributed by atoms with Gasteiger partial charge in [-0.2, -0.15) is 0 Å². The zero-order chi connectivity index (χ0) is 13.1. The molecule has 5 heteroatoms. The van der Waals surface area contributed by atoms with Gasteiger partial charge in [0.25, 0.3) is 0 Å². The Balaban J connectivity index is 1.99. The van der Waals surface area contributed by atoms with Crippen LogP contribution in [-0.4, -0.2) is 41.9 Å². The van der Waals surface area contributed by atoms with Crippen LogP contribution in [0.3, 0.4) is 0 Å². The largest absolute Gasteiger partial charge is 0.477 e. The first-order chi connectivity index (χ1) is 8.61. The molecule has 1 aliphatic rings. The van der Waals surface area contributed by atoms with E-state index in [1.165, 1.54) is 6.07 Å². The minimum absolute atomic E-state index is 0.0834. The minimum atomic E-state index is -0.994. The van der Waals surface area contributed by atoms with E-state index < -0.39 is 5.97 Å². The van der Waals surface area contributed by atoms with Crippen molar-refractivity contribution in [2.24, 2.45) is 0 Å². The molecule has 98 valence electrons. The number of aromatic carboxylic acids is 1. The van der Waals surface area contributed by atoms with E-state index in [-0.39, 0.29) is 5.69 Å². The fourth-order valence-electron chi connectivity index (χ4n) is 2.15. The van der Waals surface area contributed by atoms with E-state index >= 15 is 0 Å². The molecule has 2 rings (SSSR count). The van der Waals surface area contributed by atoms with Crippen molar-refractivity contribution in [3.63, 3.8) is 0 Å². The average Bonchev–Trinajstić information content (AvgIpc) is 2.32. The number of ether oxygens (including phenoxy) is 1. The lowest BCUT2D eigenvalue weighted by Crippen LogP contribution is -2.46. The third kappa shape index (κ3) is 2.61. The number of carboxylic acids is 1. The van der Waals surface area contributed by atoms with E-state index in [0.29, 0.717) is 18.0 Å². The maximum Gasteiger partial charge on any atom is 0.354 e. The number of carboxylic acid groups (broad SMARTS) is 1. The minimum Gasteiger partial charge on any atom is -0.477 e. The topological polar surface area (TPSA) is 62.7 Å². The normalized spacial score (nSPS) is 22.3. The van der Waals surface area contributed by atoms with Crippen molar-refractivity contribution >= 4 is 11.8 Å². The van der Waals surface area contributed by atoms with Crippen LogP contribution in [0.1, 0.15) is 30.3 Å². The van der Waals surface area contributed by atoms with Crippen LogP contribution in [0.4, 0.5) is 5.82 Å². The molecule has 0 bridgehead atoms. The summed E-state index contributed by atoms with van der Waals surface area (Å²) in [6.45, 7) is 2.74. The van der Waals surface area contributed by atoms with E-state index in [0.717, 1.165) is 19.4 Å². The molecule has 1 heterocycles. The van der Waals surface area contributed by atoms with Crippen LogP contribution in [-0.2, 0) is 4.74 Å². The van der Waals surface area contributed by atoms with Gasteiger partial charge in [-0.3, -0.25) is 0 Å². The number of anilines is 1. The van der Waals surface area contributed by atoms with E-state index in [9.17, 15) is 4.79 Å². The van der Waals surface area contributed by atoms with Crippen LogP contribution in [0.2, 0.25) is 0 Å².